The molecule has 0 aromatic heterocycles. The molecule has 1 aliphatic rings. The second-order valence-electron chi connectivity index (χ2n) is 5.32. The third-order valence-corrected chi connectivity index (χ3v) is 3.41. The van der Waals surface area contributed by atoms with Crippen LogP contribution in [0.2, 0.25) is 0 Å². The topological polar surface area (TPSA) is 49.4 Å². The van der Waals surface area contributed by atoms with Crippen LogP contribution in [0.25, 0.3) is 0 Å². The van der Waals surface area contributed by atoms with Crippen molar-refractivity contribution in [3.05, 3.63) is 29.8 Å². The lowest BCUT2D eigenvalue weighted by Crippen LogP contribution is -2.43. The first-order valence-corrected chi connectivity index (χ1v) is 6.68. The number of hydrogen-bond acceptors (Lipinski definition) is 2. The minimum atomic E-state index is -0.101. The van der Waals surface area contributed by atoms with E-state index in [0.717, 1.165) is 12.1 Å². The monoisotopic (exact) mass is 260 g/mol. The number of nitrogens with zero attached hydrogens (tertiary/aromatic N) is 1. The molecule has 1 heterocycles. The molecule has 102 valence electrons. The Balaban J connectivity index is 2.06. The molecule has 19 heavy (non-hydrogen) atoms. The van der Waals surface area contributed by atoms with Crippen molar-refractivity contribution in [2.75, 3.05) is 11.4 Å². The molecule has 1 atom stereocenters. The quantitative estimate of drug-likeness (QED) is 0.900. The van der Waals surface area contributed by atoms with Gasteiger partial charge in [0.1, 0.15) is 0 Å². The van der Waals surface area contributed by atoms with Gasteiger partial charge in [0.05, 0.1) is 6.54 Å². The zero-order valence-electron chi connectivity index (χ0n) is 11.6. The van der Waals surface area contributed by atoms with Crippen molar-refractivity contribution in [2.45, 2.75) is 33.2 Å². The summed E-state index contributed by atoms with van der Waals surface area (Å²) in [5.41, 5.74) is 2.16. The number of amides is 2. The summed E-state index contributed by atoms with van der Waals surface area (Å²) in [5, 5.41) is 2.68. The Hall–Kier alpha value is -1.84. The van der Waals surface area contributed by atoms with Crippen LogP contribution < -0.4 is 10.2 Å². The summed E-state index contributed by atoms with van der Waals surface area (Å²) in [5.74, 6) is -0.240. The predicted octanol–water partition coefficient (Wildman–Crippen LogP) is 1.74. The number of nitrogens with one attached hydrogen (secondary N) is 1. The number of carbonyl (C=O) groups is 2. The lowest BCUT2D eigenvalue weighted by molar-refractivity contribution is -0.127. The highest BCUT2D eigenvalue weighted by Gasteiger charge is 2.30. The maximum absolute atomic E-state index is 12.3. The number of hydrogen-bond donors (Lipinski definition) is 1. The van der Waals surface area contributed by atoms with Gasteiger partial charge in [0, 0.05) is 17.6 Å². The summed E-state index contributed by atoms with van der Waals surface area (Å²) in [4.78, 5) is 25.6. The van der Waals surface area contributed by atoms with Gasteiger partial charge in [0.2, 0.25) is 11.8 Å². The number of carbonyl (C=O) groups excluding carboxylic acids is 2. The Labute approximate surface area is 113 Å². The first-order valence-electron chi connectivity index (χ1n) is 6.68. The van der Waals surface area contributed by atoms with Crippen LogP contribution in [-0.2, 0) is 16.0 Å². The molecule has 1 aliphatic heterocycles. The average molecular weight is 260 g/mol. The van der Waals surface area contributed by atoms with Gasteiger partial charge in [0.25, 0.3) is 0 Å². The largest absolute Gasteiger partial charge is 0.347 e. The van der Waals surface area contributed by atoms with Crippen LogP contribution in [0, 0.1) is 5.92 Å². The maximum atomic E-state index is 12.3. The van der Waals surface area contributed by atoms with Crippen LogP contribution in [0.5, 0.6) is 0 Å². The average Bonchev–Trinajstić information content (AvgIpc) is 2.71. The van der Waals surface area contributed by atoms with Gasteiger partial charge in [-0.25, -0.2) is 0 Å². The van der Waals surface area contributed by atoms with Gasteiger partial charge in [-0.3, -0.25) is 9.59 Å². The molecule has 2 amide bonds. The van der Waals surface area contributed by atoms with E-state index in [-0.39, 0.29) is 30.3 Å². The van der Waals surface area contributed by atoms with E-state index >= 15 is 0 Å². The van der Waals surface area contributed by atoms with Crippen molar-refractivity contribution in [2.24, 2.45) is 5.92 Å². The van der Waals surface area contributed by atoms with Gasteiger partial charge in [-0.15, -0.1) is 0 Å². The van der Waals surface area contributed by atoms with E-state index in [0.29, 0.717) is 0 Å². The number of anilines is 1. The maximum Gasteiger partial charge on any atom is 0.246 e. The van der Waals surface area contributed by atoms with Crippen LogP contribution in [0.4, 0.5) is 5.69 Å². The Morgan fingerprint density at radius 3 is 2.74 bits per heavy atom. The second-order valence-corrected chi connectivity index (χ2v) is 5.32. The van der Waals surface area contributed by atoms with Gasteiger partial charge >= 0.3 is 0 Å². The number of rotatable bonds is 3. The third-order valence-electron chi connectivity index (χ3n) is 3.41. The van der Waals surface area contributed by atoms with Gasteiger partial charge in [-0.2, -0.15) is 0 Å². The molecule has 0 saturated heterocycles. The normalized spacial score (nSPS) is 17.5. The highest BCUT2D eigenvalue weighted by atomic mass is 16.2. The third kappa shape index (κ3) is 2.78. The molecule has 0 saturated carbocycles. The van der Waals surface area contributed by atoms with E-state index in [2.05, 4.69) is 5.32 Å². The molecule has 4 nitrogen and oxygen atoms in total. The summed E-state index contributed by atoms with van der Waals surface area (Å²) in [6, 6.07) is 8.08. The van der Waals surface area contributed by atoms with E-state index in [1.807, 2.05) is 45.0 Å². The SMILES string of the molecule is CC(C)C(=O)NCC(=O)N1c2ccccc2CC1C. The van der Waals surface area contributed by atoms with E-state index in [1.165, 1.54) is 5.56 Å². The molecule has 4 heteroatoms. The summed E-state index contributed by atoms with van der Waals surface area (Å²) in [6.07, 6.45) is 0.875. The van der Waals surface area contributed by atoms with Gasteiger partial charge in [-0.1, -0.05) is 32.0 Å². The summed E-state index contributed by atoms with van der Waals surface area (Å²) in [7, 11) is 0. The first-order chi connectivity index (χ1) is 9.00. The zero-order valence-corrected chi connectivity index (χ0v) is 11.6. The molecule has 0 radical (unpaired) electrons. The van der Waals surface area contributed by atoms with Crippen molar-refractivity contribution >= 4 is 17.5 Å². The highest BCUT2D eigenvalue weighted by Crippen LogP contribution is 2.31. The smallest absolute Gasteiger partial charge is 0.246 e. The molecule has 0 aliphatic carbocycles. The molecule has 1 unspecified atom stereocenters. The predicted molar refractivity (Wildman–Crippen MR) is 74.9 cm³/mol. The van der Waals surface area contributed by atoms with Crippen LogP contribution in [-0.4, -0.2) is 24.4 Å². The number of fused-ring (bicyclic) bond motifs is 1. The van der Waals surface area contributed by atoms with E-state index < -0.39 is 0 Å². The molecule has 0 bridgehead atoms. The van der Waals surface area contributed by atoms with Gasteiger partial charge in [-0.05, 0) is 25.0 Å². The van der Waals surface area contributed by atoms with Crippen molar-refractivity contribution in [3.63, 3.8) is 0 Å². The van der Waals surface area contributed by atoms with E-state index in [4.69, 9.17) is 0 Å². The molecular formula is C15H20N2O2. The fourth-order valence-electron chi connectivity index (χ4n) is 2.40. The molecule has 2 rings (SSSR count). The fourth-order valence-corrected chi connectivity index (χ4v) is 2.40. The molecular weight excluding hydrogens is 240 g/mol. The summed E-state index contributed by atoms with van der Waals surface area (Å²) >= 11 is 0. The summed E-state index contributed by atoms with van der Waals surface area (Å²) < 4.78 is 0. The number of benzene rings is 1. The molecule has 1 aromatic rings. The molecule has 1 N–H and O–H groups in total. The van der Waals surface area contributed by atoms with Crippen molar-refractivity contribution in [3.8, 4) is 0 Å². The Bertz CT molecular complexity index is 497. The summed E-state index contributed by atoms with van der Waals surface area (Å²) in [6.45, 7) is 5.72. The molecule has 0 spiro atoms. The number of para-hydroxylation sites is 1. The Morgan fingerprint density at radius 2 is 2.05 bits per heavy atom. The van der Waals surface area contributed by atoms with E-state index in [1.54, 1.807) is 4.90 Å². The minimum Gasteiger partial charge on any atom is -0.347 e. The molecule has 1 aromatic carbocycles. The fraction of sp³-hybridized carbons (Fsp3) is 0.467. The standard InChI is InChI=1S/C15H20N2O2/c1-10(2)15(19)16-9-14(18)17-11(3)8-12-6-4-5-7-13(12)17/h4-7,10-11H,8-9H2,1-3H3,(H,16,19). The van der Waals surface area contributed by atoms with Crippen LogP contribution in [0.3, 0.4) is 0 Å². The van der Waals surface area contributed by atoms with E-state index in [9.17, 15) is 9.59 Å². The van der Waals surface area contributed by atoms with Crippen LogP contribution in [0.1, 0.15) is 26.3 Å². The van der Waals surface area contributed by atoms with Crippen LogP contribution in [0.15, 0.2) is 24.3 Å². The minimum absolute atomic E-state index is 0.0496. The van der Waals surface area contributed by atoms with Gasteiger partial charge in [0.15, 0.2) is 0 Å². The van der Waals surface area contributed by atoms with Crippen molar-refractivity contribution in [1.82, 2.24) is 5.32 Å². The second kappa shape index (κ2) is 5.43. The Kier molecular flexibility index (Phi) is 3.88. The lowest BCUT2D eigenvalue weighted by Gasteiger charge is -2.23. The Morgan fingerprint density at radius 1 is 1.37 bits per heavy atom. The van der Waals surface area contributed by atoms with Crippen molar-refractivity contribution < 1.29 is 9.59 Å². The zero-order chi connectivity index (χ0) is 14.0. The highest BCUT2D eigenvalue weighted by molar-refractivity contribution is 5.99. The van der Waals surface area contributed by atoms with Crippen LogP contribution >= 0.6 is 0 Å². The lowest BCUT2D eigenvalue weighted by atomic mass is 10.1. The molecule has 0 fully saturated rings. The van der Waals surface area contributed by atoms with Gasteiger partial charge < -0.3 is 10.2 Å². The van der Waals surface area contributed by atoms with Crippen molar-refractivity contribution in [1.29, 1.82) is 0 Å². The first kappa shape index (κ1) is 13.6.